The molecule has 1 heterocycles. The van der Waals surface area contributed by atoms with Gasteiger partial charge in [-0.2, -0.15) is 0 Å². The number of methoxy groups -OCH3 is 1. The molecule has 0 saturated carbocycles. The first-order valence-electron chi connectivity index (χ1n) is 9.28. The highest BCUT2D eigenvalue weighted by Crippen LogP contribution is 2.19. The number of aliphatic imine (C=N–C) groups is 1. The lowest BCUT2D eigenvalue weighted by molar-refractivity contribution is 0.00261. The summed E-state index contributed by atoms with van der Waals surface area (Å²) in [6.07, 6.45) is 2.39. The number of guanidine groups is 1. The Bertz CT molecular complexity index is 364. The summed E-state index contributed by atoms with van der Waals surface area (Å²) in [4.78, 5) is 6.92. The molecule has 1 saturated heterocycles. The van der Waals surface area contributed by atoms with E-state index in [0.29, 0.717) is 12.0 Å². The van der Waals surface area contributed by atoms with Crippen LogP contribution in [-0.2, 0) is 9.47 Å². The predicted molar refractivity (Wildman–Crippen MR) is 101 cm³/mol. The Morgan fingerprint density at radius 1 is 1.21 bits per heavy atom. The number of hydrogen-bond acceptors (Lipinski definition) is 4. The molecule has 1 unspecified atom stereocenters. The van der Waals surface area contributed by atoms with E-state index in [0.717, 1.165) is 45.4 Å². The third-order valence-corrected chi connectivity index (χ3v) is 5.04. The Morgan fingerprint density at radius 2 is 1.83 bits per heavy atom. The average Bonchev–Trinajstić information content (AvgIpc) is 2.61. The molecule has 0 radical (unpaired) electrons. The van der Waals surface area contributed by atoms with E-state index < -0.39 is 0 Å². The van der Waals surface area contributed by atoms with Gasteiger partial charge in [0.2, 0.25) is 0 Å². The second kappa shape index (κ2) is 10.9. The Kier molecular flexibility index (Phi) is 9.63. The third-order valence-electron chi connectivity index (χ3n) is 5.04. The molecule has 0 aromatic rings. The minimum Gasteiger partial charge on any atom is -0.379 e. The van der Waals surface area contributed by atoms with Crippen LogP contribution in [0.3, 0.4) is 0 Å². The van der Waals surface area contributed by atoms with Crippen LogP contribution in [0.5, 0.6) is 0 Å². The topological polar surface area (TPSA) is 58.1 Å². The average molecular weight is 343 g/mol. The molecule has 6 heteroatoms. The van der Waals surface area contributed by atoms with Crippen LogP contribution in [0.4, 0.5) is 0 Å². The van der Waals surface area contributed by atoms with Gasteiger partial charge in [-0.15, -0.1) is 0 Å². The largest absolute Gasteiger partial charge is 0.379 e. The van der Waals surface area contributed by atoms with Crippen LogP contribution >= 0.6 is 0 Å². The molecule has 1 aliphatic rings. The van der Waals surface area contributed by atoms with Crippen molar-refractivity contribution in [3.63, 3.8) is 0 Å². The predicted octanol–water partition coefficient (Wildman–Crippen LogP) is 1.71. The lowest BCUT2D eigenvalue weighted by Crippen LogP contribution is -2.54. The monoisotopic (exact) mass is 342 g/mol. The standard InChI is InChI=1S/C18H38N4O2/c1-7-15(8-2)16(22-9-11-24-12-10-22)13-20-17(19-5)21-14-18(3,4)23-6/h15-16H,7-14H2,1-6H3,(H2,19,20,21). The summed E-state index contributed by atoms with van der Waals surface area (Å²) < 4.78 is 11.0. The van der Waals surface area contributed by atoms with Crippen LogP contribution < -0.4 is 10.6 Å². The zero-order valence-electron chi connectivity index (χ0n) is 16.5. The van der Waals surface area contributed by atoms with Gasteiger partial charge in [0, 0.05) is 46.4 Å². The number of nitrogens with one attached hydrogen (secondary N) is 2. The molecule has 1 rings (SSSR count). The maximum Gasteiger partial charge on any atom is 0.191 e. The van der Waals surface area contributed by atoms with Crippen molar-refractivity contribution in [1.82, 2.24) is 15.5 Å². The molecule has 0 bridgehead atoms. The fraction of sp³-hybridized carbons (Fsp3) is 0.944. The van der Waals surface area contributed by atoms with E-state index in [2.05, 4.69) is 48.2 Å². The van der Waals surface area contributed by atoms with Gasteiger partial charge in [0.25, 0.3) is 0 Å². The molecule has 2 N–H and O–H groups in total. The molecule has 1 atom stereocenters. The van der Waals surface area contributed by atoms with Crippen molar-refractivity contribution in [2.75, 3.05) is 53.6 Å². The molecular weight excluding hydrogens is 304 g/mol. The summed E-state index contributed by atoms with van der Waals surface area (Å²) in [5.41, 5.74) is -0.212. The van der Waals surface area contributed by atoms with Crippen molar-refractivity contribution in [3.8, 4) is 0 Å². The van der Waals surface area contributed by atoms with Crippen LogP contribution in [0.1, 0.15) is 40.5 Å². The van der Waals surface area contributed by atoms with Gasteiger partial charge in [0.05, 0.1) is 18.8 Å². The van der Waals surface area contributed by atoms with Crippen LogP contribution in [0, 0.1) is 5.92 Å². The highest BCUT2D eigenvalue weighted by Gasteiger charge is 2.27. The summed E-state index contributed by atoms with van der Waals surface area (Å²) in [7, 11) is 3.55. The maximum absolute atomic E-state index is 5.52. The lowest BCUT2D eigenvalue weighted by atomic mass is 9.92. The van der Waals surface area contributed by atoms with Crippen molar-refractivity contribution in [2.24, 2.45) is 10.9 Å². The Labute approximate surface area is 148 Å². The zero-order chi connectivity index (χ0) is 18.0. The quantitative estimate of drug-likeness (QED) is 0.493. The molecule has 1 aliphatic heterocycles. The van der Waals surface area contributed by atoms with E-state index in [4.69, 9.17) is 9.47 Å². The van der Waals surface area contributed by atoms with E-state index in [1.807, 2.05) is 7.05 Å². The van der Waals surface area contributed by atoms with Crippen molar-refractivity contribution < 1.29 is 9.47 Å². The number of nitrogens with zero attached hydrogens (tertiary/aromatic N) is 2. The molecule has 6 nitrogen and oxygen atoms in total. The van der Waals surface area contributed by atoms with Gasteiger partial charge < -0.3 is 20.1 Å². The van der Waals surface area contributed by atoms with Gasteiger partial charge in [-0.1, -0.05) is 26.7 Å². The second-order valence-corrected chi connectivity index (χ2v) is 7.06. The van der Waals surface area contributed by atoms with Gasteiger partial charge in [0.15, 0.2) is 5.96 Å². The van der Waals surface area contributed by atoms with E-state index in [9.17, 15) is 0 Å². The molecule has 0 spiro atoms. The van der Waals surface area contributed by atoms with Crippen LogP contribution in [0.2, 0.25) is 0 Å². The Morgan fingerprint density at radius 3 is 2.33 bits per heavy atom. The molecule has 0 aliphatic carbocycles. The fourth-order valence-electron chi connectivity index (χ4n) is 3.13. The molecule has 0 amide bonds. The lowest BCUT2D eigenvalue weighted by Gasteiger charge is -2.39. The summed E-state index contributed by atoms with van der Waals surface area (Å²) in [6, 6.07) is 0.512. The first-order chi connectivity index (χ1) is 11.5. The minimum absolute atomic E-state index is 0.212. The summed E-state index contributed by atoms with van der Waals surface area (Å²) in [5, 5.41) is 6.88. The fourth-order valence-corrected chi connectivity index (χ4v) is 3.13. The molecule has 0 aromatic heterocycles. The SMILES string of the molecule is CCC(CC)C(CNC(=NC)NCC(C)(C)OC)N1CCOCC1. The smallest absolute Gasteiger partial charge is 0.191 e. The number of hydrogen-bond donors (Lipinski definition) is 2. The summed E-state index contributed by atoms with van der Waals surface area (Å²) >= 11 is 0. The minimum atomic E-state index is -0.212. The van der Waals surface area contributed by atoms with Crippen LogP contribution in [0.25, 0.3) is 0 Å². The first-order valence-corrected chi connectivity index (χ1v) is 9.28. The molecule has 24 heavy (non-hydrogen) atoms. The highest BCUT2D eigenvalue weighted by atomic mass is 16.5. The van der Waals surface area contributed by atoms with Gasteiger partial charge in [0.1, 0.15) is 0 Å². The van der Waals surface area contributed by atoms with Crippen LogP contribution in [0.15, 0.2) is 4.99 Å². The van der Waals surface area contributed by atoms with Gasteiger partial charge in [-0.25, -0.2) is 0 Å². The summed E-state index contributed by atoms with van der Waals surface area (Å²) in [5.74, 6) is 1.52. The van der Waals surface area contributed by atoms with Gasteiger partial charge in [-0.05, 0) is 19.8 Å². The third kappa shape index (κ3) is 6.95. The number of ether oxygens (including phenoxy) is 2. The number of rotatable bonds is 9. The van der Waals surface area contributed by atoms with E-state index in [-0.39, 0.29) is 5.60 Å². The van der Waals surface area contributed by atoms with Crippen molar-refractivity contribution >= 4 is 5.96 Å². The molecule has 142 valence electrons. The van der Waals surface area contributed by atoms with Crippen LogP contribution in [-0.4, -0.2) is 76.1 Å². The molecular formula is C18H38N4O2. The second-order valence-electron chi connectivity index (χ2n) is 7.06. The van der Waals surface area contributed by atoms with E-state index in [1.165, 1.54) is 12.8 Å². The van der Waals surface area contributed by atoms with Crippen molar-refractivity contribution in [2.45, 2.75) is 52.2 Å². The maximum atomic E-state index is 5.52. The highest BCUT2D eigenvalue weighted by molar-refractivity contribution is 5.79. The molecule has 1 fully saturated rings. The molecule has 0 aromatic carbocycles. The van der Waals surface area contributed by atoms with Crippen molar-refractivity contribution in [1.29, 1.82) is 0 Å². The van der Waals surface area contributed by atoms with Crippen molar-refractivity contribution in [3.05, 3.63) is 0 Å². The Hall–Kier alpha value is -0.850. The number of morpholine rings is 1. The summed E-state index contributed by atoms with van der Waals surface area (Å²) in [6.45, 7) is 14.0. The van der Waals surface area contributed by atoms with E-state index >= 15 is 0 Å². The zero-order valence-corrected chi connectivity index (χ0v) is 16.5. The van der Waals surface area contributed by atoms with Gasteiger partial charge in [-0.3, -0.25) is 9.89 Å². The normalized spacial score (nSPS) is 18.7. The van der Waals surface area contributed by atoms with Gasteiger partial charge >= 0.3 is 0 Å². The van der Waals surface area contributed by atoms with E-state index in [1.54, 1.807) is 7.11 Å². The first kappa shape index (κ1) is 21.2. The Balaban J connectivity index is 2.61.